The predicted molar refractivity (Wildman–Crippen MR) is 66.6 cm³/mol. The van der Waals surface area contributed by atoms with Crippen molar-refractivity contribution in [2.75, 3.05) is 26.4 Å². The van der Waals surface area contributed by atoms with Gasteiger partial charge in [0, 0.05) is 17.6 Å². The molecular weight excluding hydrogens is 230 g/mol. The fourth-order valence-corrected chi connectivity index (χ4v) is 3.39. The van der Waals surface area contributed by atoms with E-state index in [1.807, 2.05) is 6.92 Å². The van der Waals surface area contributed by atoms with Crippen molar-refractivity contribution in [1.82, 2.24) is 0 Å². The standard InChI is InChI=1S/C14H20NO3/c1-3-10(2)14(16)17-8-11-4-6-15-7-5-12(13(11)15)18-9-15/h3-4,12-13H,5-9H2,1-2H3/q+1/b10-3-/t12-,13+,15?/m1/s1. The molecule has 2 fully saturated rings. The van der Waals surface area contributed by atoms with Gasteiger partial charge < -0.3 is 9.47 Å². The Kier molecular flexibility index (Phi) is 2.79. The molecule has 0 N–H and O–H groups in total. The largest absolute Gasteiger partial charge is 0.458 e. The lowest BCUT2D eigenvalue weighted by atomic mass is 10.1. The quantitative estimate of drug-likeness (QED) is 0.328. The molecule has 0 amide bonds. The monoisotopic (exact) mass is 250 g/mol. The number of carbonyl (C=O) groups is 1. The Hall–Kier alpha value is -1.13. The Bertz CT molecular complexity index is 430. The Morgan fingerprint density at radius 2 is 2.50 bits per heavy atom. The second-order valence-corrected chi connectivity index (χ2v) is 5.52. The number of rotatable bonds is 3. The van der Waals surface area contributed by atoms with Gasteiger partial charge in [-0.1, -0.05) is 6.08 Å². The van der Waals surface area contributed by atoms with Gasteiger partial charge in [0.2, 0.25) is 0 Å². The maximum Gasteiger partial charge on any atom is 0.333 e. The summed E-state index contributed by atoms with van der Waals surface area (Å²) in [5.74, 6) is -0.210. The van der Waals surface area contributed by atoms with Gasteiger partial charge in [-0.25, -0.2) is 4.79 Å². The van der Waals surface area contributed by atoms with Crippen LogP contribution in [0.1, 0.15) is 20.3 Å². The summed E-state index contributed by atoms with van der Waals surface area (Å²) in [6.45, 7) is 7.13. The van der Waals surface area contributed by atoms with Crippen LogP contribution in [0.15, 0.2) is 23.3 Å². The van der Waals surface area contributed by atoms with Crippen LogP contribution in [-0.4, -0.2) is 49.0 Å². The van der Waals surface area contributed by atoms with Crippen molar-refractivity contribution in [3.63, 3.8) is 0 Å². The normalized spacial score (nSPS) is 37.7. The summed E-state index contributed by atoms with van der Waals surface area (Å²) in [5, 5.41) is 0. The molecule has 3 aliphatic rings. The molecule has 4 nitrogen and oxygen atoms in total. The van der Waals surface area contributed by atoms with E-state index in [4.69, 9.17) is 9.47 Å². The zero-order valence-corrected chi connectivity index (χ0v) is 11.0. The van der Waals surface area contributed by atoms with E-state index < -0.39 is 0 Å². The third kappa shape index (κ3) is 1.63. The summed E-state index contributed by atoms with van der Waals surface area (Å²) >= 11 is 0. The lowest BCUT2D eigenvalue weighted by molar-refractivity contribution is -0.926. The zero-order chi connectivity index (χ0) is 12.8. The molecule has 0 radical (unpaired) electrons. The molecule has 0 saturated carbocycles. The van der Waals surface area contributed by atoms with Crippen LogP contribution in [0.4, 0.5) is 0 Å². The van der Waals surface area contributed by atoms with Crippen molar-refractivity contribution in [3.8, 4) is 0 Å². The molecule has 0 aromatic carbocycles. The first-order valence-electron chi connectivity index (χ1n) is 6.62. The van der Waals surface area contributed by atoms with E-state index in [2.05, 4.69) is 6.08 Å². The second kappa shape index (κ2) is 4.21. The van der Waals surface area contributed by atoms with Gasteiger partial charge in [0.25, 0.3) is 0 Å². The Morgan fingerprint density at radius 3 is 3.17 bits per heavy atom. The summed E-state index contributed by atoms with van der Waals surface area (Å²) in [4.78, 5) is 11.6. The SMILES string of the molecule is C/C=C(/C)C(=O)OCC1=CC[N+]23CC[C@@H](OC2)[C@H]13. The van der Waals surface area contributed by atoms with Crippen LogP contribution in [0.2, 0.25) is 0 Å². The maximum absolute atomic E-state index is 11.6. The smallest absolute Gasteiger partial charge is 0.333 e. The molecule has 3 heterocycles. The number of hydrogen-bond acceptors (Lipinski definition) is 3. The van der Waals surface area contributed by atoms with Gasteiger partial charge in [-0.2, -0.15) is 0 Å². The molecule has 3 rings (SSSR count). The number of esters is 1. The highest BCUT2D eigenvalue weighted by molar-refractivity contribution is 5.87. The van der Waals surface area contributed by atoms with Gasteiger partial charge in [-0.05, 0) is 19.9 Å². The van der Waals surface area contributed by atoms with Gasteiger partial charge in [-0.15, -0.1) is 0 Å². The topological polar surface area (TPSA) is 35.5 Å². The van der Waals surface area contributed by atoms with Crippen LogP contribution < -0.4 is 0 Å². The Labute approximate surface area is 107 Å². The van der Waals surface area contributed by atoms with E-state index in [0.717, 1.165) is 24.2 Å². The van der Waals surface area contributed by atoms with Crippen molar-refractivity contribution in [2.45, 2.75) is 32.4 Å². The molecule has 1 unspecified atom stereocenters. The third-order valence-electron chi connectivity index (χ3n) is 4.57. The molecule has 2 saturated heterocycles. The highest BCUT2D eigenvalue weighted by Gasteiger charge is 2.58. The van der Waals surface area contributed by atoms with Crippen LogP contribution >= 0.6 is 0 Å². The molecule has 0 aromatic rings. The average molecular weight is 250 g/mol. The van der Waals surface area contributed by atoms with E-state index in [9.17, 15) is 4.79 Å². The summed E-state index contributed by atoms with van der Waals surface area (Å²) < 4.78 is 12.2. The summed E-state index contributed by atoms with van der Waals surface area (Å²) in [6.07, 6.45) is 5.52. The van der Waals surface area contributed by atoms with Crippen LogP contribution in [0, 0.1) is 0 Å². The van der Waals surface area contributed by atoms with E-state index in [1.165, 1.54) is 12.1 Å². The molecule has 0 spiro atoms. The van der Waals surface area contributed by atoms with E-state index in [-0.39, 0.29) is 5.97 Å². The van der Waals surface area contributed by atoms with E-state index in [1.54, 1.807) is 13.0 Å². The summed E-state index contributed by atoms with van der Waals surface area (Å²) in [6, 6.07) is 0.448. The van der Waals surface area contributed by atoms with Crippen molar-refractivity contribution < 1.29 is 18.8 Å². The first-order chi connectivity index (χ1) is 8.66. The fourth-order valence-electron chi connectivity index (χ4n) is 3.39. The molecule has 4 heteroatoms. The second-order valence-electron chi connectivity index (χ2n) is 5.52. The minimum Gasteiger partial charge on any atom is -0.458 e. The molecule has 3 aliphatic heterocycles. The fraction of sp³-hybridized carbons (Fsp3) is 0.643. The Balaban J connectivity index is 1.64. The number of carbonyl (C=O) groups excluding carboxylic acids is 1. The molecular formula is C14H20NO3+. The highest BCUT2D eigenvalue weighted by atomic mass is 16.5. The average Bonchev–Trinajstić information content (AvgIpc) is 3.02. The number of ether oxygens (including phenoxy) is 2. The first-order valence-corrected chi connectivity index (χ1v) is 6.62. The van der Waals surface area contributed by atoms with Crippen LogP contribution in [0.25, 0.3) is 0 Å². The first kappa shape index (κ1) is 11.9. The maximum atomic E-state index is 11.6. The summed E-state index contributed by atoms with van der Waals surface area (Å²) in [7, 11) is 0. The van der Waals surface area contributed by atoms with Gasteiger partial charge in [0.05, 0.1) is 6.54 Å². The number of hydrogen-bond donors (Lipinski definition) is 0. The molecule has 98 valence electrons. The predicted octanol–water partition coefficient (Wildman–Crippen LogP) is 1.38. The van der Waals surface area contributed by atoms with Gasteiger partial charge in [0.15, 0.2) is 6.73 Å². The van der Waals surface area contributed by atoms with Crippen molar-refractivity contribution in [3.05, 3.63) is 23.3 Å². The molecule has 3 atom stereocenters. The van der Waals surface area contributed by atoms with E-state index >= 15 is 0 Å². The molecule has 0 aliphatic carbocycles. The number of allylic oxidation sites excluding steroid dienone is 1. The van der Waals surface area contributed by atoms with E-state index in [0.29, 0.717) is 24.3 Å². The molecule has 2 bridgehead atoms. The van der Waals surface area contributed by atoms with Crippen molar-refractivity contribution in [1.29, 1.82) is 0 Å². The number of nitrogens with zero attached hydrogens (tertiary/aromatic N) is 1. The van der Waals surface area contributed by atoms with Gasteiger partial charge in [-0.3, -0.25) is 4.48 Å². The van der Waals surface area contributed by atoms with Gasteiger partial charge >= 0.3 is 5.97 Å². The lowest BCUT2D eigenvalue weighted by Gasteiger charge is -2.29. The van der Waals surface area contributed by atoms with Crippen LogP contribution in [-0.2, 0) is 14.3 Å². The zero-order valence-electron chi connectivity index (χ0n) is 11.0. The third-order valence-corrected chi connectivity index (χ3v) is 4.57. The van der Waals surface area contributed by atoms with Crippen molar-refractivity contribution in [2.24, 2.45) is 0 Å². The summed E-state index contributed by atoms with van der Waals surface area (Å²) in [5.41, 5.74) is 1.93. The lowest BCUT2D eigenvalue weighted by Crippen LogP contribution is -2.47. The van der Waals surface area contributed by atoms with Crippen molar-refractivity contribution >= 4 is 5.97 Å². The van der Waals surface area contributed by atoms with Crippen LogP contribution in [0.3, 0.4) is 0 Å². The van der Waals surface area contributed by atoms with Gasteiger partial charge in [0.1, 0.15) is 25.3 Å². The minimum atomic E-state index is -0.210. The highest BCUT2D eigenvalue weighted by Crippen LogP contribution is 2.43. The number of quaternary nitrogens is 1. The van der Waals surface area contributed by atoms with Crippen LogP contribution in [0.5, 0.6) is 0 Å². The Morgan fingerprint density at radius 1 is 1.67 bits per heavy atom. The minimum absolute atomic E-state index is 0.210. The molecule has 18 heavy (non-hydrogen) atoms. The molecule has 0 aromatic heterocycles.